The molecule has 1 aliphatic heterocycles. The molecule has 1 fully saturated rings. The zero-order chi connectivity index (χ0) is 23.9. The van der Waals surface area contributed by atoms with Crippen LogP contribution in [-0.4, -0.2) is 29.7 Å². The summed E-state index contributed by atoms with van der Waals surface area (Å²) in [7, 11) is 2.78. The second-order valence-electron chi connectivity index (χ2n) is 10.3. The zero-order valence-corrected chi connectivity index (χ0v) is 22.0. The highest BCUT2D eigenvalue weighted by Gasteiger charge is 2.28. The molecule has 2 aliphatic rings. The van der Waals surface area contributed by atoms with Crippen molar-refractivity contribution in [2.24, 2.45) is 10.9 Å². The van der Waals surface area contributed by atoms with E-state index in [4.69, 9.17) is 9.73 Å². The normalized spacial score (nSPS) is 16.8. The number of fused-ring (bicyclic) bond motifs is 1. The Kier molecular flexibility index (Phi) is 8.80. The smallest absolute Gasteiger partial charge is 0.242 e. The van der Waals surface area contributed by atoms with Gasteiger partial charge in [0.25, 0.3) is 0 Å². The molecule has 2 aromatic rings. The summed E-state index contributed by atoms with van der Waals surface area (Å²) in [5, 5.41) is 0. The summed E-state index contributed by atoms with van der Waals surface area (Å²) in [6, 6.07) is 11.6. The summed E-state index contributed by atoms with van der Waals surface area (Å²) in [4.78, 5) is 8.10. The van der Waals surface area contributed by atoms with Crippen LogP contribution in [-0.2, 0) is 19.3 Å². The van der Waals surface area contributed by atoms with Crippen LogP contribution >= 0.6 is 0 Å². The number of methoxy groups -OCH3 is 1. The first-order chi connectivity index (χ1) is 16.7. The van der Waals surface area contributed by atoms with Crippen LogP contribution in [0.5, 0.6) is 5.75 Å². The van der Waals surface area contributed by atoms with E-state index in [0.717, 1.165) is 44.8 Å². The van der Waals surface area contributed by atoms with Gasteiger partial charge in [-0.2, -0.15) is 0 Å². The second kappa shape index (κ2) is 12.0. The van der Waals surface area contributed by atoms with Gasteiger partial charge in [0, 0.05) is 24.7 Å². The van der Waals surface area contributed by atoms with Crippen LogP contribution in [0.2, 0.25) is 0 Å². The molecule has 0 spiro atoms. The Morgan fingerprint density at radius 2 is 1.88 bits per heavy atom. The summed E-state index contributed by atoms with van der Waals surface area (Å²) >= 11 is 0. The molecule has 1 aromatic carbocycles. The van der Waals surface area contributed by atoms with E-state index >= 15 is 0 Å². The molecule has 184 valence electrons. The minimum Gasteiger partial charge on any atom is -0.497 e. The minimum absolute atomic E-state index is 0.575. The molecule has 0 amide bonds. The van der Waals surface area contributed by atoms with Gasteiger partial charge in [-0.15, -0.1) is 0 Å². The van der Waals surface area contributed by atoms with E-state index in [9.17, 15) is 0 Å². The highest BCUT2D eigenvalue weighted by Crippen LogP contribution is 2.37. The minimum atomic E-state index is 0.575. The van der Waals surface area contributed by atoms with E-state index in [2.05, 4.69) is 60.5 Å². The number of hydrogen-bond acceptors (Lipinski definition) is 3. The van der Waals surface area contributed by atoms with Crippen molar-refractivity contribution in [1.29, 1.82) is 0 Å². The van der Waals surface area contributed by atoms with E-state index in [1.54, 1.807) is 7.11 Å². The van der Waals surface area contributed by atoms with Crippen molar-refractivity contribution in [2.75, 3.05) is 7.11 Å². The van der Waals surface area contributed by atoms with Gasteiger partial charge < -0.3 is 14.1 Å². The lowest BCUT2D eigenvalue weighted by atomic mass is 9.79. The Morgan fingerprint density at radius 3 is 2.50 bits per heavy atom. The van der Waals surface area contributed by atoms with Crippen molar-refractivity contribution < 1.29 is 4.74 Å². The number of unbranched alkanes of at least 4 members (excludes halogenated alkanes) is 1. The van der Waals surface area contributed by atoms with Crippen LogP contribution in [0.1, 0.15) is 101 Å². The number of rotatable bonds is 12. The van der Waals surface area contributed by atoms with Gasteiger partial charge in [-0.05, 0) is 60.8 Å². The van der Waals surface area contributed by atoms with Crippen LogP contribution in [0.4, 0.5) is 5.82 Å². The molecule has 5 heteroatoms. The maximum Gasteiger partial charge on any atom is 0.242 e. The van der Waals surface area contributed by atoms with Gasteiger partial charge in [0.15, 0.2) is 0 Å². The van der Waals surface area contributed by atoms with Crippen LogP contribution in [0, 0.1) is 5.92 Å². The van der Waals surface area contributed by atoms with Crippen LogP contribution < -0.4 is 4.74 Å². The summed E-state index contributed by atoms with van der Waals surface area (Å²) < 4.78 is 8.03. The van der Waals surface area contributed by atoms with Gasteiger partial charge in [0.05, 0.1) is 12.9 Å². The standard InChI is InChI=1S/C29H44BN3O/c1-5-8-13-26(10-6-2)33-25(7-3)19-24-20-30-32(21-23-14-16-27(34-4)17-15-23)28(31-29(24)33)18-22-11-9-12-22/h14-17,19,22,26,30H,5-13,18,20-21H2,1-4H3. The molecule has 1 aliphatic carbocycles. The van der Waals surface area contributed by atoms with Crippen molar-refractivity contribution in [3.63, 3.8) is 0 Å². The molecule has 4 rings (SSSR count). The summed E-state index contributed by atoms with van der Waals surface area (Å²) in [5.74, 6) is 4.31. The molecule has 1 unspecified atom stereocenters. The zero-order valence-electron chi connectivity index (χ0n) is 22.0. The lowest BCUT2D eigenvalue weighted by molar-refractivity contribution is 0.320. The Hall–Kier alpha value is -2.17. The molecule has 1 atom stereocenters. The fourth-order valence-corrected chi connectivity index (χ4v) is 5.62. The summed E-state index contributed by atoms with van der Waals surface area (Å²) in [6.45, 7) is 7.87. The molecule has 4 nitrogen and oxygen atoms in total. The van der Waals surface area contributed by atoms with Crippen molar-refractivity contribution in [1.82, 2.24) is 9.38 Å². The average Bonchev–Trinajstić information content (AvgIpc) is 3.09. The first kappa shape index (κ1) is 24.9. The van der Waals surface area contributed by atoms with E-state index in [0.29, 0.717) is 6.04 Å². The Balaban J connectivity index is 1.68. The molecule has 0 radical (unpaired) electrons. The van der Waals surface area contributed by atoms with Crippen LogP contribution in [0.25, 0.3) is 0 Å². The summed E-state index contributed by atoms with van der Waals surface area (Å²) in [6.07, 6.45) is 13.7. The van der Waals surface area contributed by atoms with Crippen molar-refractivity contribution in [2.45, 2.75) is 104 Å². The van der Waals surface area contributed by atoms with E-state index in [-0.39, 0.29) is 0 Å². The SMILES string of the molecule is CCCCC(CCC)n1c(CC)cc2c1N=C(CC1CCC1)N(Cc1ccc(OC)cc1)BC2. The Morgan fingerprint density at radius 1 is 1.09 bits per heavy atom. The van der Waals surface area contributed by atoms with Crippen molar-refractivity contribution >= 4 is 19.1 Å². The van der Waals surface area contributed by atoms with Gasteiger partial charge in [-0.25, -0.2) is 4.99 Å². The fraction of sp³-hybridized carbons (Fsp3) is 0.621. The Bertz CT molecular complexity index is 945. The van der Waals surface area contributed by atoms with Gasteiger partial charge in [-0.1, -0.05) is 71.4 Å². The predicted molar refractivity (Wildman–Crippen MR) is 146 cm³/mol. The number of ether oxygens (including phenoxy) is 1. The third-order valence-corrected chi connectivity index (χ3v) is 7.89. The number of hydrogen-bond donors (Lipinski definition) is 0. The largest absolute Gasteiger partial charge is 0.497 e. The number of amidine groups is 1. The first-order valence-corrected chi connectivity index (χ1v) is 13.8. The third-order valence-electron chi connectivity index (χ3n) is 7.89. The van der Waals surface area contributed by atoms with Crippen LogP contribution in [0.3, 0.4) is 0 Å². The maximum atomic E-state index is 5.53. The van der Waals surface area contributed by atoms with Gasteiger partial charge in [0.2, 0.25) is 7.41 Å². The fourth-order valence-electron chi connectivity index (χ4n) is 5.62. The predicted octanol–water partition coefficient (Wildman–Crippen LogP) is 7.18. The molecule has 0 bridgehead atoms. The van der Waals surface area contributed by atoms with E-state index in [1.807, 2.05) is 0 Å². The Labute approximate surface area is 208 Å². The van der Waals surface area contributed by atoms with Gasteiger partial charge >= 0.3 is 0 Å². The second-order valence-corrected chi connectivity index (χ2v) is 10.3. The van der Waals surface area contributed by atoms with Gasteiger partial charge in [0.1, 0.15) is 11.6 Å². The van der Waals surface area contributed by atoms with Crippen molar-refractivity contribution in [3.8, 4) is 5.75 Å². The average molecular weight is 462 g/mol. The quantitative estimate of drug-likeness (QED) is 0.314. The van der Waals surface area contributed by atoms with Crippen molar-refractivity contribution in [3.05, 3.63) is 47.2 Å². The highest BCUT2D eigenvalue weighted by molar-refractivity contribution is 6.37. The molecule has 0 N–H and O–H groups in total. The molecule has 1 aromatic heterocycles. The molecule has 1 saturated carbocycles. The lowest BCUT2D eigenvalue weighted by Crippen LogP contribution is -2.36. The number of aliphatic imine (C=N–C) groups is 1. The number of nitrogens with zero attached hydrogens (tertiary/aromatic N) is 3. The van der Waals surface area contributed by atoms with Crippen LogP contribution in [0.15, 0.2) is 35.3 Å². The molecule has 0 saturated heterocycles. The monoisotopic (exact) mass is 461 g/mol. The number of aromatic nitrogens is 1. The molecular formula is C29H44BN3O. The number of benzene rings is 1. The molecule has 2 heterocycles. The molecule has 34 heavy (non-hydrogen) atoms. The third kappa shape index (κ3) is 5.72. The highest BCUT2D eigenvalue weighted by atomic mass is 16.5. The van der Waals surface area contributed by atoms with E-state index in [1.165, 1.54) is 79.8 Å². The topological polar surface area (TPSA) is 29.8 Å². The summed E-state index contributed by atoms with van der Waals surface area (Å²) in [5.41, 5.74) is 4.27. The molecular weight excluding hydrogens is 417 g/mol. The van der Waals surface area contributed by atoms with Gasteiger partial charge in [-0.3, -0.25) is 0 Å². The van der Waals surface area contributed by atoms with E-state index < -0.39 is 0 Å². The maximum absolute atomic E-state index is 5.53. The first-order valence-electron chi connectivity index (χ1n) is 13.8. The number of aryl methyl sites for hydroxylation is 1. The lowest BCUT2D eigenvalue weighted by Gasteiger charge is -2.31.